The molecule has 0 aliphatic heterocycles. The second-order valence-electron chi connectivity index (χ2n) is 5.72. The van der Waals surface area contributed by atoms with Crippen LogP contribution in [0, 0.1) is 16.7 Å². The van der Waals surface area contributed by atoms with Crippen LogP contribution < -0.4 is 0 Å². The van der Waals surface area contributed by atoms with E-state index in [1.54, 1.807) is 18.3 Å². The zero-order valence-electron chi connectivity index (χ0n) is 11.7. The second-order valence-corrected chi connectivity index (χ2v) is 5.72. The van der Waals surface area contributed by atoms with E-state index in [0.717, 1.165) is 22.0 Å². The summed E-state index contributed by atoms with van der Waals surface area (Å²) < 4.78 is 0. The molecule has 102 valence electrons. The lowest BCUT2D eigenvalue weighted by atomic mass is 9.81. The number of nitriles is 1. The number of aromatic nitrogens is 1. The highest BCUT2D eigenvalue weighted by molar-refractivity contribution is 5.99. The van der Waals surface area contributed by atoms with Crippen LogP contribution in [0.1, 0.15) is 31.9 Å². The maximum absolute atomic E-state index is 11.1. The molecule has 4 heteroatoms. The van der Waals surface area contributed by atoms with Crippen LogP contribution in [0.25, 0.3) is 16.5 Å². The van der Waals surface area contributed by atoms with E-state index in [0.29, 0.717) is 5.56 Å². The molecule has 0 aliphatic carbocycles. The first-order valence-electron chi connectivity index (χ1n) is 6.29. The fourth-order valence-electron chi connectivity index (χ4n) is 2.24. The third-order valence-corrected chi connectivity index (χ3v) is 3.18. The Labute approximate surface area is 117 Å². The third-order valence-electron chi connectivity index (χ3n) is 3.18. The number of benzene rings is 1. The fourth-order valence-corrected chi connectivity index (χ4v) is 2.24. The Morgan fingerprint density at radius 1 is 1.40 bits per heavy atom. The number of carboxylic acids is 1. The van der Waals surface area contributed by atoms with E-state index < -0.39 is 5.97 Å². The molecule has 1 aromatic carbocycles. The molecular formula is C16H16N2O2. The normalized spacial score (nSPS) is 12.4. The standard InChI is InChI=1S/C16H16N2O2/c1-16(2,3)13(7-15(19)20)12-9-18-14-6-10(8-17)4-5-11(12)14/h4-7,9,18H,1-3H3,(H,19,20)/b13-7-. The lowest BCUT2D eigenvalue weighted by Gasteiger charge is -2.22. The molecule has 0 radical (unpaired) electrons. The van der Waals surface area contributed by atoms with Crippen LogP contribution in [0.15, 0.2) is 30.5 Å². The number of nitrogens with one attached hydrogen (secondary N) is 1. The van der Waals surface area contributed by atoms with E-state index in [1.165, 1.54) is 6.08 Å². The van der Waals surface area contributed by atoms with Crippen molar-refractivity contribution < 1.29 is 9.90 Å². The summed E-state index contributed by atoms with van der Waals surface area (Å²) in [4.78, 5) is 14.2. The number of fused-ring (bicyclic) bond motifs is 1. The molecule has 2 aromatic rings. The minimum atomic E-state index is -0.960. The van der Waals surface area contributed by atoms with Gasteiger partial charge in [-0.1, -0.05) is 26.8 Å². The molecule has 20 heavy (non-hydrogen) atoms. The highest BCUT2D eigenvalue weighted by Crippen LogP contribution is 2.37. The van der Waals surface area contributed by atoms with Crippen molar-refractivity contribution in [1.29, 1.82) is 5.26 Å². The van der Waals surface area contributed by atoms with Crippen molar-refractivity contribution in [2.75, 3.05) is 0 Å². The molecular weight excluding hydrogens is 252 g/mol. The van der Waals surface area contributed by atoms with Gasteiger partial charge in [0.25, 0.3) is 0 Å². The van der Waals surface area contributed by atoms with E-state index >= 15 is 0 Å². The van der Waals surface area contributed by atoms with Crippen molar-refractivity contribution in [3.63, 3.8) is 0 Å². The SMILES string of the molecule is CC(C)(C)/C(=C\C(=O)O)c1c[nH]c2cc(C#N)ccc12. The smallest absolute Gasteiger partial charge is 0.328 e. The molecule has 2 N–H and O–H groups in total. The Hall–Kier alpha value is -2.54. The number of carbonyl (C=O) groups is 1. The topological polar surface area (TPSA) is 76.9 Å². The van der Waals surface area contributed by atoms with Gasteiger partial charge >= 0.3 is 5.97 Å². The lowest BCUT2D eigenvalue weighted by molar-refractivity contribution is -0.131. The minimum absolute atomic E-state index is 0.290. The number of aliphatic carboxylic acids is 1. The maximum atomic E-state index is 11.1. The van der Waals surface area contributed by atoms with Gasteiger partial charge in [0, 0.05) is 28.7 Å². The highest BCUT2D eigenvalue weighted by Gasteiger charge is 2.22. The number of hydrogen-bond acceptors (Lipinski definition) is 2. The molecule has 0 saturated carbocycles. The molecule has 0 bridgehead atoms. The van der Waals surface area contributed by atoms with Crippen molar-refractivity contribution in [2.45, 2.75) is 20.8 Å². The molecule has 1 aromatic heterocycles. The summed E-state index contributed by atoms with van der Waals surface area (Å²) in [5.41, 5.74) is 2.73. The first kappa shape index (κ1) is 13.9. The first-order valence-corrected chi connectivity index (χ1v) is 6.29. The van der Waals surface area contributed by atoms with Crippen LogP contribution in [0.3, 0.4) is 0 Å². The molecule has 0 amide bonds. The Morgan fingerprint density at radius 3 is 2.65 bits per heavy atom. The predicted octanol–water partition coefficient (Wildman–Crippen LogP) is 3.55. The summed E-state index contributed by atoms with van der Waals surface area (Å²) in [5, 5.41) is 18.9. The van der Waals surface area contributed by atoms with E-state index in [1.807, 2.05) is 26.8 Å². The van der Waals surface area contributed by atoms with Crippen LogP contribution in [0.4, 0.5) is 0 Å². The summed E-state index contributed by atoms with van der Waals surface area (Å²) in [6, 6.07) is 7.44. The van der Waals surface area contributed by atoms with Crippen LogP contribution in [0.2, 0.25) is 0 Å². The van der Waals surface area contributed by atoms with Gasteiger partial charge in [-0.3, -0.25) is 0 Å². The van der Waals surface area contributed by atoms with Gasteiger partial charge in [-0.25, -0.2) is 4.79 Å². The Morgan fingerprint density at radius 2 is 2.10 bits per heavy atom. The quantitative estimate of drug-likeness (QED) is 0.817. The van der Waals surface area contributed by atoms with E-state index in [4.69, 9.17) is 10.4 Å². The molecule has 4 nitrogen and oxygen atoms in total. The van der Waals surface area contributed by atoms with Gasteiger partial charge in [-0.15, -0.1) is 0 Å². The van der Waals surface area contributed by atoms with Gasteiger partial charge in [-0.2, -0.15) is 5.26 Å². The van der Waals surface area contributed by atoms with Crippen LogP contribution in [-0.4, -0.2) is 16.1 Å². The zero-order valence-corrected chi connectivity index (χ0v) is 11.7. The van der Waals surface area contributed by atoms with Gasteiger partial charge in [0.05, 0.1) is 11.6 Å². The number of aromatic amines is 1. The van der Waals surface area contributed by atoms with Crippen molar-refractivity contribution in [3.05, 3.63) is 41.6 Å². The zero-order chi connectivity index (χ0) is 14.9. The molecule has 0 saturated heterocycles. The van der Waals surface area contributed by atoms with Gasteiger partial charge in [0.2, 0.25) is 0 Å². The van der Waals surface area contributed by atoms with Crippen LogP contribution in [-0.2, 0) is 4.79 Å². The summed E-state index contributed by atoms with van der Waals surface area (Å²) in [5.74, 6) is -0.960. The Balaban J connectivity index is 2.67. The van der Waals surface area contributed by atoms with Crippen molar-refractivity contribution >= 4 is 22.4 Å². The molecule has 2 rings (SSSR count). The molecule has 0 atom stereocenters. The summed E-state index contributed by atoms with van der Waals surface area (Å²) >= 11 is 0. The van der Waals surface area contributed by atoms with Gasteiger partial charge < -0.3 is 10.1 Å². The van der Waals surface area contributed by atoms with Crippen LogP contribution in [0.5, 0.6) is 0 Å². The Kier molecular flexibility index (Phi) is 3.37. The average molecular weight is 268 g/mol. The number of rotatable bonds is 2. The number of hydrogen-bond donors (Lipinski definition) is 2. The van der Waals surface area contributed by atoms with Crippen molar-refractivity contribution in [3.8, 4) is 6.07 Å². The largest absolute Gasteiger partial charge is 0.478 e. The van der Waals surface area contributed by atoms with Crippen molar-refractivity contribution in [2.24, 2.45) is 5.41 Å². The number of carboxylic acid groups (broad SMARTS) is 1. The second kappa shape index (κ2) is 4.86. The molecule has 0 spiro atoms. The maximum Gasteiger partial charge on any atom is 0.328 e. The van der Waals surface area contributed by atoms with Crippen molar-refractivity contribution in [1.82, 2.24) is 4.98 Å². The molecule has 0 unspecified atom stereocenters. The summed E-state index contributed by atoms with van der Waals surface area (Å²) in [6.45, 7) is 5.93. The first-order chi connectivity index (χ1) is 9.32. The number of nitrogens with zero attached hydrogens (tertiary/aromatic N) is 1. The van der Waals surface area contributed by atoms with Gasteiger partial charge in [0.15, 0.2) is 0 Å². The monoisotopic (exact) mass is 268 g/mol. The average Bonchev–Trinajstić information content (AvgIpc) is 2.76. The molecule has 0 aliphatic rings. The third kappa shape index (κ3) is 2.57. The van der Waals surface area contributed by atoms with E-state index in [-0.39, 0.29) is 5.41 Å². The predicted molar refractivity (Wildman–Crippen MR) is 78.1 cm³/mol. The molecule has 0 fully saturated rings. The van der Waals surface area contributed by atoms with E-state index in [2.05, 4.69) is 11.1 Å². The van der Waals surface area contributed by atoms with Crippen LogP contribution >= 0.6 is 0 Å². The van der Waals surface area contributed by atoms with Gasteiger partial charge in [0.1, 0.15) is 0 Å². The minimum Gasteiger partial charge on any atom is -0.478 e. The number of H-pyrrole nitrogens is 1. The van der Waals surface area contributed by atoms with E-state index in [9.17, 15) is 4.79 Å². The number of allylic oxidation sites excluding steroid dienone is 1. The summed E-state index contributed by atoms with van der Waals surface area (Å²) in [6.07, 6.45) is 3.05. The van der Waals surface area contributed by atoms with Gasteiger partial charge in [-0.05, 0) is 23.1 Å². The fraction of sp³-hybridized carbons (Fsp3) is 0.250. The molecule has 1 heterocycles. The lowest BCUT2D eigenvalue weighted by Crippen LogP contribution is -2.10. The highest BCUT2D eigenvalue weighted by atomic mass is 16.4. The summed E-state index contributed by atoms with van der Waals surface area (Å²) in [7, 11) is 0. The Bertz CT molecular complexity index is 740.